The number of hydrogen-bond acceptors (Lipinski definition) is 2. The molecule has 0 amide bonds. The number of rotatable bonds is 1. The van der Waals surface area contributed by atoms with E-state index in [4.69, 9.17) is 5.11 Å². The Morgan fingerprint density at radius 1 is 1.33 bits per heavy atom. The van der Waals surface area contributed by atoms with Crippen LogP contribution in [-0.4, -0.2) is 16.2 Å². The van der Waals surface area contributed by atoms with E-state index in [1.807, 2.05) is 0 Å². The normalized spacial score (nSPS) is 26.1. The maximum atomic E-state index is 12.4. The molecule has 0 atom stereocenters. The summed E-state index contributed by atoms with van der Waals surface area (Å²) in [6, 6.07) is 2.02. The molecule has 1 aliphatic rings. The monoisotopic (exact) mass is 217 g/mol. The molecule has 0 aromatic carbocycles. The number of aliphatic hydroxyl groups excluding tert-OH is 1. The fourth-order valence-electron chi connectivity index (χ4n) is 1.68. The number of pyridine rings is 1. The summed E-state index contributed by atoms with van der Waals surface area (Å²) in [7, 11) is 0. The predicted molar refractivity (Wildman–Crippen MR) is 47.2 cm³/mol. The smallest absolute Gasteiger partial charge is 0.393 e. The number of alkyl halides is 3. The van der Waals surface area contributed by atoms with Crippen LogP contribution in [0.5, 0.6) is 0 Å². The van der Waals surface area contributed by atoms with Crippen molar-refractivity contribution in [2.24, 2.45) is 0 Å². The van der Waals surface area contributed by atoms with Crippen molar-refractivity contribution in [3.8, 4) is 0 Å². The van der Waals surface area contributed by atoms with Gasteiger partial charge in [0.1, 0.15) is 0 Å². The lowest BCUT2D eigenvalue weighted by Gasteiger charge is -2.31. The van der Waals surface area contributed by atoms with Gasteiger partial charge in [-0.1, -0.05) is 0 Å². The molecule has 1 saturated carbocycles. The van der Waals surface area contributed by atoms with Crippen LogP contribution < -0.4 is 0 Å². The van der Waals surface area contributed by atoms with Gasteiger partial charge in [-0.15, -0.1) is 0 Å². The largest absolute Gasteiger partial charge is 0.416 e. The molecule has 5 heteroatoms. The maximum Gasteiger partial charge on any atom is 0.416 e. The van der Waals surface area contributed by atoms with E-state index < -0.39 is 11.7 Å². The topological polar surface area (TPSA) is 33.1 Å². The number of nitrogens with zero attached hydrogens (tertiary/aromatic N) is 1. The molecule has 1 aliphatic carbocycles. The second-order valence-corrected chi connectivity index (χ2v) is 3.79. The minimum atomic E-state index is -4.32. The Bertz CT molecular complexity index is 358. The van der Waals surface area contributed by atoms with E-state index in [2.05, 4.69) is 4.98 Å². The average Bonchev–Trinajstić information content (AvgIpc) is 2.12. The molecular weight excluding hydrogens is 207 g/mol. The van der Waals surface area contributed by atoms with Gasteiger partial charge in [0.05, 0.1) is 11.7 Å². The van der Waals surface area contributed by atoms with Crippen molar-refractivity contribution in [3.63, 3.8) is 0 Å². The van der Waals surface area contributed by atoms with Crippen molar-refractivity contribution in [1.82, 2.24) is 4.98 Å². The highest BCUT2D eigenvalue weighted by Gasteiger charge is 2.34. The minimum Gasteiger partial charge on any atom is -0.393 e. The zero-order chi connectivity index (χ0) is 11.1. The van der Waals surface area contributed by atoms with E-state index >= 15 is 0 Å². The van der Waals surface area contributed by atoms with Crippen molar-refractivity contribution in [2.45, 2.75) is 31.0 Å². The molecule has 0 bridgehead atoms. The molecule has 0 aliphatic heterocycles. The summed E-state index contributed by atoms with van der Waals surface area (Å²) in [5, 5.41) is 9.06. The predicted octanol–water partition coefficient (Wildman–Crippen LogP) is 2.34. The molecular formula is C10H10F3NO. The van der Waals surface area contributed by atoms with Crippen LogP contribution in [0.1, 0.15) is 30.0 Å². The summed E-state index contributed by atoms with van der Waals surface area (Å²) in [5.41, 5.74) is -0.246. The standard InChI is InChI=1S/C10H10F3NO/c11-10(12,13)7-1-2-14-9(5-7)6-3-8(15)4-6/h1-2,5-6,8,15H,3-4H2. The van der Waals surface area contributed by atoms with Gasteiger partial charge in [-0.25, -0.2) is 0 Å². The van der Waals surface area contributed by atoms with E-state index in [0.29, 0.717) is 18.5 Å². The molecule has 1 N–H and O–H groups in total. The van der Waals surface area contributed by atoms with E-state index in [1.165, 1.54) is 6.20 Å². The second kappa shape index (κ2) is 3.48. The summed E-state index contributed by atoms with van der Waals surface area (Å²) in [6.45, 7) is 0. The first-order valence-electron chi connectivity index (χ1n) is 4.68. The van der Waals surface area contributed by atoms with E-state index in [9.17, 15) is 13.2 Å². The highest BCUT2D eigenvalue weighted by atomic mass is 19.4. The van der Waals surface area contributed by atoms with Crippen molar-refractivity contribution < 1.29 is 18.3 Å². The van der Waals surface area contributed by atoms with Gasteiger partial charge in [-0.05, 0) is 25.0 Å². The number of hydrogen-bond donors (Lipinski definition) is 1. The molecule has 0 saturated heterocycles. The first-order valence-corrected chi connectivity index (χ1v) is 4.68. The Balaban J connectivity index is 2.20. The third-order valence-electron chi connectivity index (χ3n) is 2.64. The Morgan fingerprint density at radius 2 is 2.00 bits per heavy atom. The van der Waals surface area contributed by atoms with Crippen LogP contribution in [0.3, 0.4) is 0 Å². The Hall–Kier alpha value is -1.10. The fraction of sp³-hybridized carbons (Fsp3) is 0.500. The number of aliphatic hydroxyl groups is 1. The van der Waals surface area contributed by atoms with Crippen molar-refractivity contribution in [2.75, 3.05) is 0 Å². The van der Waals surface area contributed by atoms with Gasteiger partial charge in [0.25, 0.3) is 0 Å². The van der Waals surface area contributed by atoms with Gasteiger partial charge < -0.3 is 5.11 Å². The van der Waals surface area contributed by atoms with Crippen molar-refractivity contribution in [1.29, 1.82) is 0 Å². The molecule has 0 unspecified atom stereocenters. The molecule has 2 rings (SSSR count). The summed E-state index contributed by atoms with van der Waals surface area (Å²) < 4.78 is 37.1. The molecule has 1 heterocycles. The van der Waals surface area contributed by atoms with Crippen molar-refractivity contribution in [3.05, 3.63) is 29.6 Å². The van der Waals surface area contributed by atoms with Crippen LogP contribution in [0.2, 0.25) is 0 Å². The molecule has 2 nitrogen and oxygen atoms in total. The molecule has 0 spiro atoms. The highest BCUT2D eigenvalue weighted by molar-refractivity contribution is 5.23. The lowest BCUT2D eigenvalue weighted by Crippen LogP contribution is -2.27. The Kier molecular flexibility index (Phi) is 2.42. The van der Waals surface area contributed by atoms with E-state index in [-0.39, 0.29) is 12.0 Å². The van der Waals surface area contributed by atoms with E-state index in [1.54, 1.807) is 0 Å². The lowest BCUT2D eigenvalue weighted by molar-refractivity contribution is -0.137. The first-order chi connectivity index (χ1) is 6.97. The molecule has 1 fully saturated rings. The van der Waals surface area contributed by atoms with Gasteiger partial charge in [-0.2, -0.15) is 13.2 Å². The Morgan fingerprint density at radius 3 is 2.53 bits per heavy atom. The van der Waals surface area contributed by atoms with Crippen molar-refractivity contribution >= 4 is 0 Å². The van der Waals surface area contributed by atoms with Crippen LogP contribution in [0.15, 0.2) is 18.3 Å². The quantitative estimate of drug-likeness (QED) is 0.783. The summed E-state index contributed by atoms with van der Waals surface area (Å²) in [6.07, 6.45) is -2.52. The van der Waals surface area contributed by atoms with Gasteiger partial charge >= 0.3 is 6.18 Å². The molecule has 0 radical (unpaired) electrons. The van der Waals surface area contributed by atoms with Gasteiger partial charge in [-0.3, -0.25) is 4.98 Å². The van der Waals surface area contributed by atoms with Crippen LogP contribution in [0.25, 0.3) is 0 Å². The van der Waals surface area contributed by atoms with E-state index in [0.717, 1.165) is 12.1 Å². The zero-order valence-electron chi connectivity index (χ0n) is 7.83. The second-order valence-electron chi connectivity index (χ2n) is 3.79. The summed E-state index contributed by atoms with van der Waals surface area (Å²) in [4.78, 5) is 3.90. The third-order valence-corrected chi connectivity index (χ3v) is 2.64. The van der Waals surface area contributed by atoms with Crippen LogP contribution >= 0.6 is 0 Å². The number of halogens is 3. The minimum absolute atomic E-state index is 0.0256. The van der Waals surface area contributed by atoms with Gasteiger partial charge in [0, 0.05) is 17.8 Å². The molecule has 82 valence electrons. The third kappa shape index (κ3) is 2.12. The Labute approximate surface area is 84.8 Å². The SMILES string of the molecule is OC1CC(c2cc(C(F)(F)F)ccn2)C1. The lowest BCUT2D eigenvalue weighted by atomic mass is 9.80. The molecule has 15 heavy (non-hydrogen) atoms. The fourth-order valence-corrected chi connectivity index (χ4v) is 1.68. The highest BCUT2D eigenvalue weighted by Crippen LogP contribution is 2.37. The van der Waals surface area contributed by atoms with Crippen LogP contribution in [-0.2, 0) is 6.18 Å². The average molecular weight is 217 g/mol. The number of aromatic nitrogens is 1. The molecule has 1 aromatic rings. The molecule has 1 aromatic heterocycles. The first kappa shape index (κ1) is 10.4. The van der Waals surface area contributed by atoms with Crippen LogP contribution in [0, 0.1) is 0 Å². The zero-order valence-corrected chi connectivity index (χ0v) is 7.83. The summed E-state index contributed by atoms with van der Waals surface area (Å²) in [5.74, 6) is -0.0256. The van der Waals surface area contributed by atoms with Gasteiger partial charge in [0.15, 0.2) is 0 Å². The summed E-state index contributed by atoms with van der Waals surface area (Å²) >= 11 is 0. The maximum absolute atomic E-state index is 12.4. The van der Waals surface area contributed by atoms with Crippen LogP contribution in [0.4, 0.5) is 13.2 Å². The van der Waals surface area contributed by atoms with Gasteiger partial charge in [0.2, 0.25) is 0 Å².